The van der Waals surface area contributed by atoms with Gasteiger partial charge >= 0.3 is 0 Å². The van der Waals surface area contributed by atoms with Gasteiger partial charge in [-0.3, -0.25) is 14.4 Å². The number of azide groups is 1. The summed E-state index contributed by atoms with van der Waals surface area (Å²) in [4.78, 5) is 39.7. The van der Waals surface area contributed by atoms with Crippen LogP contribution in [0.2, 0.25) is 0 Å². The zero-order valence-corrected chi connectivity index (χ0v) is 17.7. The molecule has 0 saturated carbocycles. The zero-order valence-electron chi connectivity index (χ0n) is 17.7. The van der Waals surface area contributed by atoms with Crippen LogP contribution in [0.3, 0.4) is 0 Å². The van der Waals surface area contributed by atoms with Crippen LogP contribution in [0, 0.1) is 17.3 Å². The molecule has 0 spiro atoms. The van der Waals surface area contributed by atoms with E-state index in [1.54, 1.807) is 6.92 Å². The first kappa shape index (κ1) is 25.1. The van der Waals surface area contributed by atoms with E-state index < -0.39 is 12.0 Å². The summed E-state index contributed by atoms with van der Waals surface area (Å²) in [6.07, 6.45) is 3.06. The highest BCUT2D eigenvalue weighted by Crippen LogP contribution is 2.21. The molecule has 154 valence electrons. The quantitative estimate of drug-likeness (QED) is 0.218. The first-order valence-electron chi connectivity index (χ1n) is 9.83. The molecule has 1 N–H and O–H groups in total. The molecule has 0 rings (SSSR count). The average Bonchev–Trinajstić information content (AvgIpc) is 2.56. The molecule has 0 unspecified atom stereocenters. The molecule has 0 bridgehead atoms. The fraction of sp³-hybridized carbons (Fsp3) is 0.850. The summed E-state index contributed by atoms with van der Waals surface area (Å²) in [7, 11) is 0. The molecular formula is C20H36N4O3. The van der Waals surface area contributed by atoms with Gasteiger partial charge in [0.2, 0.25) is 5.91 Å². The molecule has 7 nitrogen and oxygen atoms in total. The second-order valence-corrected chi connectivity index (χ2v) is 8.76. The minimum atomic E-state index is -0.542. The van der Waals surface area contributed by atoms with Crippen molar-refractivity contribution < 1.29 is 14.4 Å². The number of nitrogens with one attached hydrogen (secondary N) is 1. The SMILES string of the molecule is CC(C)[C@H](CC(=O)CCCCN=[N+]=[N-])C(=O)N[C@@H](C)C(=O)CCC(C)(C)C. The van der Waals surface area contributed by atoms with Crippen LogP contribution in [0.15, 0.2) is 5.11 Å². The number of hydrogen-bond acceptors (Lipinski definition) is 4. The maximum absolute atomic E-state index is 12.6. The van der Waals surface area contributed by atoms with Crippen molar-refractivity contribution in [2.24, 2.45) is 22.4 Å². The van der Waals surface area contributed by atoms with Gasteiger partial charge < -0.3 is 5.32 Å². The highest BCUT2D eigenvalue weighted by Gasteiger charge is 2.27. The van der Waals surface area contributed by atoms with E-state index in [2.05, 4.69) is 36.1 Å². The summed E-state index contributed by atoms with van der Waals surface area (Å²) in [5, 5.41) is 6.23. The fourth-order valence-electron chi connectivity index (χ4n) is 2.64. The van der Waals surface area contributed by atoms with Crippen LogP contribution in [-0.4, -0.2) is 30.1 Å². The van der Waals surface area contributed by atoms with Crippen molar-refractivity contribution in [2.75, 3.05) is 6.54 Å². The van der Waals surface area contributed by atoms with Gasteiger partial charge in [-0.2, -0.15) is 0 Å². The predicted molar refractivity (Wildman–Crippen MR) is 107 cm³/mol. The molecule has 0 aromatic heterocycles. The Balaban J connectivity index is 4.54. The Bertz CT molecular complexity index is 546. The number of hydrogen-bond donors (Lipinski definition) is 1. The van der Waals surface area contributed by atoms with E-state index >= 15 is 0 Å². The number of carbonyl (C=O) groups is 3. The molecule has 27 heavy (non-hydrogen) atoms. The van der Waals surface area contributed by atoms with Gasteiger partial charge in [-0.1, -0.05) is 39.7 Å². The first-order chi connectivity index (χ1) is 12.5. The number of amides is 1. The van der Waals surface area contributed by atoms with Crippen LogP contribution in [-0.2, 0) is 14.4 Å². The number of carbonyl (C=O) groups excluding carboxylic acids is 3. The fourth-order valence-corrected chi connectivity index (χ4v) is 2.64. The second kappa shape index (κ2) is 12.5. The lowest BCUT2D eigenvalue weighted by atomic mass is 9.87. The van der Waals surface area contributed by atoms with E-state index in [1.165, 1.54) is 0 Å². The summed E-state index contributed by atoms with van der Waals surface area (Å²) in [6.45, 7) is 12.1. The minimum Gasteiger partial charge on any atom is -0.346 e. The molecule has 7 heteroatoms. The van der Waals surface area contributed by atoms with Crippen molar-refractivity contribution >= 4 is 17.5 Å². The number of unbranched alkanes of at least 4 members (excludes halogenated alkanes) is 1. The smallest absolute Gasteiger partial charge is 0.224 e. The standard InChI is InChI=1S/C20H36N4O3/c1-14(2)17(13-16(25)9-7-8-12-22-24-21)19(27)23-15(3)18(26)10-11-20(4,5)6/h14-15,17H,7-13H2,1-6H3,(H,23,27)/t15-,17-/m0/s1. The van der Waals surface area contributed by atoms with Crippen LogP contribution in [0.5, 0.6) is 0 Å². The Kier molecular flexibility index (Phi) is 11.6. The molecule has 0 aliphatic rings. The van der Waals surface area contributed by atoms with Gasteiger partial charge in [-0.15, -0.1) is 0 Å². The van der Waals surface area contributed by atoms with Crippen molar-refractivity contribution in [1.82, 2.24) is 5.32 Å². The van der Waals surface area contributed by atoms with Crippen molar-refractivity contribution in [1.29, 1.82) is 0 Å². The van der Waals surface area contributed by atoms with Crippen LogP contribution < -0.4 is 5.32 Å². The highest BCUT2D eigenvalue weighted by molar-refractivity contribution is 5.91. The molecule has 0 radical (unpaired) electrons. The molecular weight excluding hydrogens is 344 g/mol. The average molecular weight is 381 g/mol. The second-order valence-electron chi connectivity index (χ2n) is 8.76. The number of rotatable bonds is 13. The monoisotopic (exact) mass is 380 g/mol. The lowest BCUT2D eigenvalue weighted by Crippen LogP contribution is -2.43. The predicted octanol–water partition coefficient (Wildman–Crippen LogP) is 4.60. The largest absolute Gasteiger partial charge is 0.346 e. The van der Waals surface area contributed by atoms with E-state index in [0.717, 1.165) is 6.42 Å². The molecule has 0 saturated heterocycles. The van der Waals surface area contributed by atoms with Crippen LogP contribution in [0.4, 0.5) is 0 Å². The topological polar surface area (TPSA) is 112 Å². The molecule has 0 fully saturated rings. The van der Waals surface area contributed by atoms with Crippen molar-refractivity contribution in [3.8, 4) is 0 Å². The van der Waals surface area contributed by atoms with Gasteiger partial charge in [0.15, 0.2) is 5.78 Å². The molecule has 0 aromatic carbocycles. The maximum Gasteiger partial charge on any atom is 0.224 e. The highest BCUT2D eigenvalue weighted by atomic mass is 16.2. The Labute approximate surface area is 163 Å². The van der Waals surface area contributed by atoms with Crippen molar-refractivity contribution in [3.63, 3.8) is 0 Å². The number of Topliss-reactive ketones (excluding diaryl/α,β-unsaturated/α-hetero) is 2. The third-order valence-corrected chi connectivity index (χ3v) is 4.58. The van der Waals surface area contributed by atoms with Gasteiger partial charge in [0, 0.05) is 36.6 Å². The summed E-state index contributed by atoms with van der Waals surface area (Å²) in [6, 6.07) is -0.542. The Morgan fingerprint density at radius 3 is 2.22 bits per heavy atom. The minimum absolute atomic E-state index is 0.00835. The van der Waals surface area contributed by atoms with Gasteiger partial charge in [-0.25, -0.2) is 0 Å². The number of ketones is 2. The number of nitrogens with zero attached hydrogens (tertiary/aromatic N) is 3. The molecule has 0 aromatic rings. The van der Waals surface area contributed by atoms with Gasteiger partial charge in [0.05, 0.1) is 6.04 Å². The summed E-state index contributed by atoms with van der Waals surface area (Å²) in [5.74, 6) is -0.618. The molecule has 0 heterocycles. The maximum atomic E-state index is 12.6. The van der Waals surface area contributed by atoms with Crippen molar-refractivity contribution in [2.45, 2.75) is 86.1 Å². The van der Waals surface area contributed by atoms with Crippen molar-refractivity contribution in [3.05, 3.63) is 10.4 Å². The lowest BCUT2D eigenvalue weighted by Gasteiger charge is -2.23. The Hall–Kier alpha value is -1.88. The summed E-state index contributed by atoms with van der Waals surface area (Å²) in [5.41, 5.74) is 8.30. The third kappa shape index (κ3) is 12.2. The van der Waals surface area contributed by atoms with Gasteiger partial charge in [0.25, 0.3) is 0 Å². The van der Waals surface area contributed by atoms with Crippen LogP contribution in [0.1, 0.15) is 80.1 Å². The summed E-state index contributed by atoms with van der Waals surface area (Å²) < 4.78 is 0. The third-order valence-electron chi connectivity index (χ3n) is 4.58. The van der Waals surface area contributed by atoms with Gasteiger partial charge in [0.1, 0.15) is 5.78 Å². The van der Waals surface area contributed by atoms with E-state index in [1.807, 2.05) is 13.8 Å². The Morgan fingerprint density at radius 2 is 1.70 bits per heavy atom. The van der Waals surface area contributed by atoms with E-state index in [9.17, 15) is 14.4 Å². The zero-order chi connectivity index (χ0) is 21.0. The molecule has 0 aliphatic carbocycles. The first-order valence-corrected chi connectivity index (χ1v) is 9.83. The summed E-state index contributed by atoms with van der Waals surface area (Å²) >= 11 is 0. The van der Waals surface area contributed by atoms with E-state index in [4.69, 9.17) is 5.53 Å². The van der Waals surface area contributed by atoms with Crippen LogP contribution in [0.25, 0.3) is 10.4 Å². The molecule has 2 atom stereocenters. The molecule has 0 aliphatic heterocycles. The van der Waals surface area contributed by atoms with Gasteiger partial charge in [-0.05, 0) is 43.1 Å². The molecule has 1 amide bonds. The van der Waals surface area contributed by atoms with E-state index in [-0.39, 0.29) is 35.2 Å². The lowest BCUT2D eigenvalue weighted by molar-refractivity contribution is -0.133. The van der Waals surface area contributed by atoms with E-state index in [0.29, 0.717) is 32.2 Å². The van der Waals surface area contributed by atoms with Crippen LogP contribution >= 0.6 is 0 Å². The Morgan fingerprint density at radius 1 is 1.07 bits per heavy atom. The normalized spacial score (nSPS) is 13.6.